The van der Waals surface area contributed by atoms with Gasteiger partial charge in [-0.2, -0.15) is 0 Å². The van der Waals surface area contributed by atoms with Crippen LogP contribution in [0.15, 0.2) is 297 Å². The topological polar surface area (TPSA) is 64.5 Å². The monoisotopic (exact) mass is 1020 g/mol. The second kappa shape index (κ2) is 21.0. The molecular weight excluding hydrogens is 971 g/mol. The standard InChI is InChI=1S/C75H49N5/c1-5-17-50(18-6-1)54-29-37-58(38-30-54)70-49-71(77-72(76-70)59-39-31-55(32-40-59)51-19-7-2-8-20-51)68-47-45-66(62-25-13-15-27-64(62)68)67-46-48-69(65-28-16-14-26-63(65)67)75-79-73(60-41-33-56(34-42-60)52-21-9-3-10-22-52)78-74(80-75)61-43-35-57(36-44-61)53-23-11-4-12-24-53/h1-49H. The van der Waals surface area contributed by atoms with Gasteiger partial charge in [0, 0.05) is 33.4 Å². The van der Waals surface area contributed by atoms with Crippen LogP contribution in [0.3, 0.4) is 0 Å². The molecule has 2 heterocycles. The first-order valence-corrected chi connectivity index (χ1v) is 27.0. The number of rotatable bonds is 11. The van der Waals surface area contributed by atoms with Gasteiger partial charge in [-0.3, -0.25) is 0 Å². The van der Waals surface area contributed by atoms with Crippen LogP contribution in [0.4, 0.5) is 0 Å². The van der Waals surface area contributed by atoms with Crippen molar-refractivity contribution in [3.05, 3.63) is 297 Å². The molecule has 0 amide bonds. The summed E-state index contributed by atoms with van der Waals surface area (Å²) < 4.78 is 0. The van der Waals surface area contributed by atoms with Crippen molar-refractivity contribution in [3.8, 4) is 124 Å². The Kier molecular flexibility index (Phi) is 12.5. The molecule has 14 aromatic rings. The van der Waals surface area contributed by atoms with Crippen LogP contribution >= 0.6 is 0 Å². The van der Waals surface area contributed by atoms with Crippen molar-refractivity contribution >= 4 is 21.5 Å². The van der Waals surface area contributed by atoms with Crippen LogP contribution in [0.1, 0.15) is 0 Å². The van der Waals surface area contributed by atoms with Gasteiger partial charge in [0.15, 0.2) is 23.3 Å². The minimum absolute atomic E-state index is 0.604. The average Bonchev–Trinajstić information content (AvgIpc) is 3.67. The van der Waals surface area contributed by atoms with E-state index in [2.05, 4.69) is 273 Å². The van der Waals surface area contributed by atoms with Crippen molar-refractivity contribution in [2.24, 2.45) is 0 Å². The summed E-state index contributed by atoms with van der Waals surface area (Å²) in [7, 11) is 0. The van der Waals surface area contributed by atoms with Gasteiger partial charge in [0.1, 0.15) is 0 Å². The molecule has 0 saturated carbocycles. The summed E-state index contributed by atoms with van der Waals surface area (Å²) in [6, 6.07) is 104. The van der Waals surface area contributed by atoms with Gasteiger partial charge in [-0.05, 0) is 89.3 Å². The van der Waals surface area contributed by atoms with Gasteiger partial charge >= 0.3 is 0 Å². The zero-order valence-electron chi connectivity index (χ0n) is 43.5. The highest BCUT2D eigenvalue weighted by Crippen LogP contribution is 2.42. The molecule has 0 aliphatic heterocycles. The highest BCUT2D eigenvalue weighted by atomic mass is 15.0. The Labute approximate surface area is 465 Å². The maximum absolute atomic E-state index is 5.38. The molecule has 12 aromatic carbocycles. The molecule has 2 aromatic heterocycles. The summed E-state index contributed by atoms with van der Waals surface area (Å²) >= 11 is 0. The smallest absolute Gasteiger partial charge is 0.164 e. The van der Waals surface area contributed by atoms with Crippen molar-refractivity contribution in [1.29, 1.82) is 0 Å². The van der Waals surface area contributed by atoms with Crippen molar-refractivity contribution in [3.63, 3.8) is 0 Å². The van der Waals surface area contributed by atoms with E-state index in [9.17, 15) is 0 Å². The molecule has 0 aliphatic rings. The minimum Gasteiger partial charge on any atom is -0.228 e. The highest BCUT2D eigenvalue weighted by Gasteiger charge is 2.20. The summed E-state index contributed by atoms with van der Waals surface area (Å²) in [4.78, 5) is 26.4. The molecule has 5 nitrogen and oxygen atoms in total. The van der Waals surface area contributed by atoms with Gasteiger partial charge < -0.3 is 0 Å². The van der Waals surface area contributed by atoms with Crippen LogP contribution in [0, 0.1) is 0 Å². The summed E-state index contributed by atoms with van der Waals surface area (Å²) in [6.07, 6.45) is 0. The zero-order chi connectivity index (χ0) is 53.2. The zero-order valence-corrected chi connectivity index (χ0v) is 43.5. The van der Waals surface area contributed by atoms with Crippen molar-refractivity contribution in [1.82, 2.24) is 24.9 Å². The van der Waals surface area contributed by atoms with E-state index in [1.54, 1.807) is 0 Å². The molecule has 0 unspecified atom stereocenters. The first-order chi connectivity index (χ1) is 39.6. The van der Waals surface area contributed by atoms with Crippen molar-refractivity contribution in [2.45, 2.75) is 0 Å². The summed E-state index contributed by atoms with van der Waals surface area (Å²) in [5, 5.41) is 4.35. The van der Waals surface area contributed by atoms with Crippen LogP contribution in [0.2, 0.25) is 0 Å². The second-order valence-corrected chi connectivity index (χ2v) is 20.0. The lowest BCUT2D eigenvalue weighted by Crippen LogP contribution is -2.01. The van der Waals surface area contributed by atoms with E-state index in [1.807, 2.05) is 24.3 Å². The minimum atomic E-state index is 0.604. The van der Waals surface area contributed by atoms with E-state index in [0.29, 0.717) is 23.3 Å². The lowest BCUT2D eigenvalue weighted by Gasteiger charge is -2.16. The Morgan fingerprint density at radius 3 is 0.787 bits per heavy atom. The van der Waals surface area contributed by atoms with Gasteiger partial charge in [-0.1, -0.05) is 285 Å². The molecule has 0 aliphatic carbocycles. The van der Waals surface area contributed by atoms with E-state index in [-0.39, 0.29) is 0 Å². The van der Waals surface area contributed by atoms with Crippen molar-refractivity contribution < 1.29 is 0 Å². The van der Waals surface area contributed by atoms with Crippen molar-refractivity contribution in [2.75, 3.05) is 0 Å². The SMILES string of the molecule is c1ccc(-c2ccc(-c3cc(-c4ccc(-c5ccc(-c6nc(-c7ccc(-c8ccccc8)cc7)nc(-c7ccc(-c8ccccc8)cc7)n6)c6ccccc56)c5ccccc45)nc(-c4ccc(-c5ccccc5)cc4)n3)cc2)cc1. The molecule has 14 rings (SSSR count). The number of hydrogen-bond acceptors (Lipinski definition) is 5. The average molecular weight is 1020 g/mol. The van der Waals surface area contributed by atoms with Crippen LogP contribution in [0.5, 0.6) is 0 Å². The largest absolute Gasteiger partial charge is 0.228 e. The molecule has 0 spiro atoms. The summed E-state index contributed by atoms with van der Waals surface area (Å²) in [6.45, 7) is 0. The van der Waals surface area contributed by atoms with E-state index >= 15 is 0 Å². The maximum Gasteiger partial charge on any atom is 0.164 e. The number of hydrogen-bond donors (Lipinski definition) is 0. The first kappa shape index (κ1) is 47.7. The van der Waals surface area contributed by atoms with Gasteiger partial charge in [-0.15, -0.1) is 0 Å². The fourth-order valence-electron chi connectivity index (χ4n) is 10.9. The quantitative estimate of drug-likeness (QED) is 0.129. The third kappa shape index (κ3) is 9.39. The molecule has 0 fully saturated rings. The predicted octanol–water partition coefficient (Wildman–Crippen LogP) is 19.3. The van der Waals surface area contributed by atoms with Gasteiger partial charge in [0.25, 0.3) is 0 Å². The molecular formula is C75H49N5. The van der Waals surface area contributed by atoms with Crippen LogP contribution in [0.25, 0.3) is 145 Å². The molecule has 80 heavy (non-hydrogen) atoms. The number of aromatic nitrogens is 5. The van der Waals surface area contributed by atoms with Gasteiger partial charge in [0.2, 0.25) is 0 Å². The van der Waals surface area contributed by atoms with Crippen LogP contribution in [-0.2, 0) is 0 Å². The summed E-state index contributed by atoms with van der Waals surface area (Å²) in [5.74, 6) is 2.48. The molecule has 0 bridgehead atoms. The fourth-order valence-corrected chi connectivity index (χ4v) is 10.9. The fraction of sp³-hybridized carbons (Fsp3) is 0. The third-order valence-corrected chi connectivity index (χ3v) is 15.1. The lowest BCUT2D eigenvalue weighted by atomic mass is 9.89. The molecule has 0 radical (unpaired) electrons. The third-order valence-electron chi connectivity index (χ3n) is 15.1. The lowest BCUT2D eigenvalue weighted by molar-refractivity contribution is 1.08. The number of benzene rings is 12. The molecule has 0 N–H and O–H groups in total. The van der Waals surface area contributed by atoms with Gasteiger partial charge in [-0.25, -0.2) is 24.9 Å². The van der Waals surface area contributed by atoms with E-state index in [0.717, 1.165) is 116 Å². The molecule has 0 atom stereocenters. The Morgan fingerprint density at radius 1 is 0.150 bits per heavy atom. The second-order valence-electron chi connectivity index (χ2n) is 20.0. The Balaban J connectivity index is 0.875. The van der Waals surface area contributed by atoms with E-state index < -0.39 is 0 Å². The van der Waals surface area contributed by atoms with Gasteiger partial charge in [0.05, 0.1) is 11.4 Å². The first-order valence-electron chi connectivity index (χ1n) is 27.0. The molecule has 374 valence electrons. The number of nitrogens with zero attached hydrogens (tertiary/aromatic N) is 5. The Morgan fingerprint density at radius 2 is 0.400 bits per heavy atom. The normalized spacial score (nSPS) is 11.2. The number of fused-ring (bicyclic) bond motifs is 2. The Bertz CT molecular complexity index is 4010. The predicted molar refractivity (Wildman–Crippen MR) is 330 cm³/mol. The van der Waals surface area contributed by atoms with Crippen LogP contribution in [-0.4, -0.2) is 24.9 Å². The Hall–Kier alpha value is -10.8. The van der Waals surface area contributed by atoms with Crippen LogP contribution < -0.4 is 0 Å². The van der Waals surface area contributed by atoms with E-state index in [4.69, 9.17) is 24.9 Å². The summed E-state index contributed by atoms with van der Waals surface area (Å²) in [5.41, 5.74) is 18.8. The highest BCUT2D eigenvalue weighted by molar-refractivity contribution is 6.12. The maximum atomic E-state index is 5.38. The molecule has 5 heteroatoms. The molecule has 0 saturated heterocycles. The van der Waals surface area contributed by atoms with E-state index in [1.165, 1.54) is 5.56 Å².